The van der Waals surface area contributed by atoms with Gasteiger partial charge in [0.25, 0.3) is 0 Å². The van der Waals surface area contributed by atoms with Gasteiger partial charge in [0.1, 0.15) is 13.2 Å². The smallest absolute Gasteiger partial charge is 0.306 e. The Morgan fingerprint density at radius 2 is 0.486 bits per heavy atom. The van der Waals surface area contributed by atoms with Crippen molar-refractivity contribution in [3.05, 3.63) is 48.6 Å². The fourth-order valence-electron chi connectivity index (χ4n) is 9.62. The summed E-state index contributed by atoms with van der Waals surface area (Å²) in [6.07, 6.45) is 78.4. The van der Waals surface area contributed by atoms with Crippen LogP contribution in [0.3, 0.4) is 0 Å². The molecule has 0 radical (unpaired) electrons. The molecule has 0 saturated heterocycles. The van der Waals surface area contributed by atoms with E-state index in [2.05, 4.69) is 69.4 Å². The molecule has 0 N–H and O–H groups in total. The van der Waals surface area contributed by atoms with Crippen LogP contribution in [0.15, 0.2) is 48.6 Å². The van der Waals surface area contributed by atoms with Gasteiger partial charge in [-0.25, -0.2) is 0 Å². The first-order chi connectivity index (χ1) is 36.5. The third kappa shape index (κ3) is 60.2. The van der Waals surface area contributed by atoms with Crippen LogP contribution in [0.25, 0.3) is 0 Å². The minimum absolute atomic E-state index is 0.0722. The number of allylic oxidation sites excluding steroid dienone is 8. The molecular formula is C68H124O6. The summed E-state index contributed by atoms with van der Waals surface area (Å²) in [5.41, 5.74) is 0. The Morgan fingerprint density at radius 1 is 0.270 bits per heavy atom. The molecule has 0 fully saturated rings. The van der Waals surface area contributed by atoms with Crippen molar-refractivity contribution < 1.29 is 28.6 Å². The van der Waals surface area contributed by atoms with Crippen LogP contribution < -0.4 is 0 Å². The van der Waals surface area contributed by atoms with Crippen LogP contribution in [-0.4, -0.2) is 37.2 Å². The minimum Gasteiger partial charge on any atom is -0.462 e. The highest BCUT2D eigenvalue weighted by atomic mass is 16.6. The van der Waals surface area contributed by atoms with E-state index in [0.717, 1.165) is 77.0 Å². The Kier molecular flexibility index (Phi) is 60.7. The Labute approximate surface area is 460 Å². The summed E-state index contributed by atoms with van der Waals surface area (Å²) in [4.78, 5) is 38.2. The third-order valence-corrected chi connectivity index (χ3v) is 14.6. The molecular weight excluding hydrogens is 913 g/mol. The Bertz CT molecular complexity index is 1280. The zero-order chi connectivity index (χ0) is 53.6. The van der Waals surface area contributed by atoms with Crippen molar-refractivity contribution in [2.24, 2.45) is 0 Å². The second kappa shape index (κ2) is 62.9. The van der Waals surface area contributed by atoms with Crippen LogP contribution in [0.4, 0.5) is 0 Å². The number of rotatable bonds is 60. The third-order valence-electron chi connectivity index (χ3n) is 14.6. The molecule has 0 rings (SSSR count). The number of carbonyl (C=O) groups is 3. The molecule has 0 amide bonds. The monoisotopic (exact) mass is 1040 g/mol. The van der Waals surface area contributed by atoms with E-state index in [1.54, 1.807) is 0 Å². The second-order valence-electron chi connectivity index (χ2n) is 22.0. The van der Waals surface area contributed by atoms with E-state index in [-0.39, 0.29) is 31.1 Å². The molecule has 0 bridgehead atoms. The Balaban J connectivity index is 4.17. The van der Waals surface area contributed by atoms with Gasteiger partial charge in [0, 0.05) is 19.3 Å². The van der Waals surface area contributed by atoms with Crippen molar-refractivity contribution in [1.82, 2.24) is 0 Å². The summed E-state index contributed by atoms with van der Waals surface area (Å²) in [7, 11) is 0. The predicted octanol–water partition coefficient (Wildman–Crippen LogP) is 22.2. The van der Waals surface area contributed by atoms with Crippen molar-refractivity contribution in [3.63, 3.8) is 0 Å². The molecule has 0 aliphatic heterocycles. The van der Waals surface area contributed by atoms with E-state index in [9.17, 15) is 14.4 Å². The lowest BCUT2D eigenvalue weighted by atomic mass is 10.0. The fraction of sp³-hybridized carbons (Fsp3) is 0.838. The van der Waals surface area contributed by atoms with E-state index in [4.69, 9.17) is 14.2 Å². The molecule has 6 nitrogen and oxygen atoms in total. The molecule has 0 heterocycles. The van der Waals surface area contributed by atoms with Crippen molar-refractivity contribution in [2.45, 2.75) is 354 Å². The Hall–Kier alpha value is -2.63. The van der Waals surface area contributed by atoms with E-state index in [1.165, 1.54) is 231 Å². The first-order valence-corrected chi connectivity index (χ1v) is 32.6. The molecule has 0 aromatic rings. The molecule has 0 saturated carbocycles. The van der Waals surface area contributed by atoms with Gasteiger partial charge in [0.05, 0.1) is 0 Å². The number of ether oxygens (including phenoxy) is 3. The van der Waals surface area contributed by atoms with Crippen molar-refractivity contribution in [3.8, 4) is 0 Å². The molecule has 0 aromatic heterocycles. The highest BCUT2D eigenvalue weighted by Gasteiger charge is 2.19. The van der Waals surface area contributed by atoms with Gasteiger partial charge >= 0.3 is 17.9 Å². The van der Waals surface area contributed by atoms with Gasteiger partial charge in [0.2, 0.25) is 0 Å². The van der Waals surface area contributed by atoms with Gasteiger partial charge in [-0.15, -0.1) is 0 Å². The summed E-state index contributed by atoms with van der Waals surface area (Å²) in [5.74, 6) is -0.863. The van der Waals surface area contributed by atoms with Gasteiger partial charge < -0.3 is 14.2 Å². The van der Waals surface area contributed by atoms with E-state index in [0.29, 0.717) is 19.3 Å². The normalized spacial score (nSPS) is 12.3. The van der Waals surface area contributed by atoms with Crippen LogP contribution in [0, 0.1) is 0 Å². The van der Waals surface area contributed by atoms with Crippen LogP contribution in [0.1, 0.15) is 348 Å². The highest BCUT2D eigenvalue weighted by Crippen LogP contribution is 2.17. The van der Waals surface area contributed by atoms with Crippen molar-refractivity contribution >= 4 is 17.9 Å². The van der Waals surface area contributed by atoms with Gasteiger partial charge in [-0.1, -0.05) is 294 Å². The lowest BCUT2D eigenvalue weighted by molar-refractivity contribution is -0.167. The maximum Gasteiger partial charge on any atom is 0.306 e. The van der Waals surface area contributed by atoms with Gasteiger partial charge in [-0.2, -0.15) is 0 Å². The summed E-state index contributed by atoms with van der Waals surface area (Å²) < 4.78 is 16.9. The molecule has 0 aliphatic carbocycles. The highest BCUT2D eigenvalue weighted by molar-refractivity contribution is 5.71. The van der Waals surface area contributed by atoms with Gasteiger partial charge in [-0.3, -0.25) is 14.4 Å². The van der Waals surface area contributed by atoms with Crippen LogP contribution >= 0.6 is 0 Å². The van der Waals surface area contributed by atoms with Crippen LogP contribution in [0.2, 0.25) is 0 Å². The fourth-order valence-corrected chi connectivity index (χ4v) is 9.62. The van der Waals surface area contributed by atoms with Crippen LogP contribution in [0.5, 0.6) is 0 Å². The standard InChI is InChI=1S/C68H124O6/c1-4-7-10-13-16-19-22-24-26-28-29-30-31-32-33-34-35-36-37-38-39-40-42-43-46-49-52-55-58-61-67(70)73-64-65(63-72-66(69)60-57-54-51-48-45-21-18-15-12-9-6-3)74-68(71)62-59-56-53-50-47-44-41-27-25-23-20-17-14-11-8-5-2/h22,24,27-29,31-32,41,65H,4-21,23,25-26,30,33-40,42-64H2,1-3H3/b24-22-,29-28-,32-31-,41-27-. The summed E-state index contributed by atoms with van der Waals surface area (Å²) >= 11 is 0. The first kappa shape index (κ1) is 71.4. The quantitative estimate of drug-likeness (QED) is 0.0261. The van der Waals surface area contributed by atoms with Gasteiger partial charge in [0.15, 0.2) is 6.10 Å². The molecule has 0 aliphatic rings. The predicted molar refractivity (Wildman–Crippen MR) is 321 cm³/mol. The lowest BCUT2D eigenvalue weighted by Crippen LogP contribution is -2.30. The first-order valence-electron chi connectivity index (χ1n) is 32.6. The van der Waals surface area contributed by atoms with E-state index < -0.39 is 6.10 Å². The zero-order valence-electron chi connectivity index (χ0n) is 49.6. The van der Waals surface area contributed by atoms with Crippen molar-refractivity contribution in [2.75, 3.05) is 13.2 Å². The second-order valence-corrected chi connectivity index (χ2v) is 22.0. The SMILES string of the molecule is CCCCCCC/C=C\C/C=C\C/C=C\CCCCCCCCCCCCCCCCC(=O)OCC(COC(=O)CCCCCCCCCCCCC)OC(=O)CCCCCCC/C=C\CCCCCCCCC. The molecule has 74 heavy (non-hydrogen) atoms. The minimum atomic E-state index is -0.774. The zero-order valence-corrected chi connectivity index (χ0v) is 49.6. The number of unbranched alkanes of at least 4 members (excludes halogenated alkanes) is 41. The van der Waals surface area contributed by atoms with Crippen LogP contribution in [-0.2, 0) is 28.6 Å². The average molecular weight is 1040 g/mol. The molecule has 432 valence electrons. The number of hydrogen-bond acceptors (Lipinski definition) is 6. The Morgan fingerprint density at radius 3 is 0.770 bits per heavy atom. The molecule has 6 heteroatoms. The topological polar surface area (TPSA) is 78.9 Å². The molecule has 0 aromatic carbocycles. The maximum absolute atomic E-state index is 12.9. The van der Waals surface area contributed by atoms with E-state index in [1.807, 2.05) is 0 Å². The molecule has 1 unspecified atom stereocenters. The average Bonchev–Trinajstić information content (AvgIpc) is 3.40. The van der Waals surface area contributed by atoms with Gasteiger partial charge in [-0.05, 0) is 83.5 Å². The summed E-state index contributed by atoms with van der Waals surface area (Å²) in [5, 5.41) is 0. The molecule has 0 spiro atoms. The summed E-state index contributed by atoms with van der Waals surface area (Å²) in [6.45, 7) is 6.66. The summed E-state index contributed by atoms with van der Waals surface area (Å²) in [6, 6.07) is 0. The lowest BCUT2D eigenvalue weighted by Gasteiger charge is -2.18. The number of esters is 3. The van der Waals surface area contributed by atoms with Crippen molar-refractivity contribution in [1.29, 1.82) is 0 Å². The largest absolute Gasteiger partial charge is 0.462 e. The maximum atomic E-state index is 12.9. The van der Waals surface area contributed by atoms with E-state index >= 15 is 0 Å². The molecule has 1 atom stereocenters. The number of carbonyl (C=O) groups excluding carboxylic acids is 3. The number of hydrogen-bond donors (Lipinski definition) is 0.